The molecule has 0 saturated heterocycles. The van der Waals surface area contributed by atoms with E-state index in [0.717, 1.165) is 35.5 Å². The summed E-state index contributed by atoms with van der Waals surface area (Å²) in [5.41, 5.74) is 3.24. The Labute approximate surface area is 126 Å². The van der Waals surface area contributed by atoms with Crippen molar-refractivity contribution in [3.05, 3.63) is 65.2 Å². The van der Waals surface area contributed by atoms with Crippen LogP contribution in [0.15, 0.2) is 48.5 Å². The van der Waals surface area contributed by atoms with E-state index < -0.39 is 0 Å². The first-order chi connectivity index (χ1) is 10.2. The van der Waals surface area contributed by atoms with E-state index in [1.54, 1.807) is 0 Å². The maximum atomic E-state index is 9.33. The number of rotatable bonds is 7. The highest BCUT2D eigenvalue weighted by atomic mass is 16.5. The van der Waals surface area contributed by atoms with Crippen LogP contribution in [0.3, 0.4) is 0 Å². The van der Waals surface area contributed by atoms with E-state index in [-0.39, 0.29) is 12.7 Å². The van der Waals surface area contributed by atoms with Gasteiger partial charge in [-0.05, 0) is 31.0 Å². The van der Waals surface area contributed by atoms with Crippen LogP contribution in [0.25, 0.3) is 0 Å². The van der Waals surface area contributed by atoms with Crippen LogP contribution in [0.2, 0.25) is 0 Å². The van der Waals surface area contributed by atoms with Crippen molar-refractivity contribution in [1.29, 1.82) is 0 Å². The van der Waals surface area contributed by atoms with Gasteiger partial charge in [-0.3, -0.25) is 0 Å². The Morgan fingerprint density at radius 3 is 2.14 bits per heavy atom. The quantitative estimate of drug-likeness (QED) is 0.820. The van der Waals surface area contributed by atoms with Crippen LogP contribution >= 0.6 is 0 Å². The van der Waals surface area contributed by atoms with Gasteiger partial charge in [0.05, 0.1) is 12.7 Å². The fourth-order valence-electron chi connectivity index (χ4n) is 2.23. The number of benzene rings is 2. The molecule has 0 aliphatic carbocycles. The maximum absolute atomic E-state index is 9.33. The molecule has 0 amide bonds. The highest BCUT2D eigenvalue weighted by Crippen LogP contribution is 2.19. The molecule has 2 N–H and O–H groups in total. The predicted molar refractivity (Wildman–Crippen MR) is 85.1 cm³/mol. The van der Waals surface area contributed by atoms with Gasteiger partial charge in [0.25, 0.3) is 0 Å². The monoisotopic (exact) mass is 285 g/mol. The highest BCUT2D eigenvalue weighted by Gasteiger charge is 2.05. The molecule has 0 aromatic heterocycles. The van der Waals surface area contributed by atoms with Crippen LogP contribution in [0, 0.1) is 0 Å². The van der Waals surface area contributed by atoms with E-state index >= 15 is 0 Å². The van der Waals surface area contributed by atoms with Crippen LogP contribution in [0.4, 0.5) is 0 Å². The van der Waals surface area contributed by atoms with E-state index in [4.69, 9.17) is 4.74 Å². The lowest BCUT2D eigenvalue weighted by Crippen LogP contribution is -2.16. The second-order valence-electron chi connectivity index (χ2n) is 5.30. The molecule has 0 atom stereocenters. The highest BCUT2D eigenvalue weighted by molar-refractivity contribution is 5.33. The van der Waals surface area contributed by atoms with Crippen LogP contribution in [0.5, 0.6) is 5.75 Å². The van der Waals surface area contributed by atoms with Crippen molar-refractivity contribution in [2.75, 3.05) is 0 Å². The van der Waals surface area contributed by atoms with Crippen molar-refractivity contribution in [2.24, 2.45) is 0 Å². The fourth-order valence-corrected chi connectivity index (χ4v) is 2.23. The zero-order valence-electron chi connectivity index (χ0n) is 12.7. The third kappa shape index (κ3) is 4.59. The molecule has 0 radical (unpaired) electrons. The molecule has 2 rings (SSSR count). The van der Waals surface area contributed by atoms with E-state index in [1.165, 1.54) is 0 Å². The second-order valence-corrected chi connectivity index (χ2v) is 5.30. The first-order valence-corrected chi connectivity index (χ1v) is 7.33. The largest absolute Gasteiger partial charge is 0.491 e. The van der Waals surface area contributed by atoms with Crippen molar-refractivity contribution in [1.82, 2.24) is 5.32 Å². The van der Waals surface area contributed by atoms with Gasteiger partial charge in [0.2, 0.25) is 0 Å². The van der Waals surface area contributed by atoms with Crippen LogP contribution in [-0.4, -0.2) is 11.2 Å². The molecule has 0 spiro atoms. The summed E-state index contributed by atoms with van der Waals surface area (Å²) in [5, 5.41) is 12.7. The number of hydrogen-bond acceptors (Lipinski definition) is 3. The summed E-state index contributed by atoms with van der Waals surface area (Å²) in [6.07, 6.45) is 0.168. The van der Waals surface area contributed by atoms with E-state index in [0.29, 0.717) is 0 Å². The number of aliphatic hydroxyl groups excluding tert-OH is 1. The molecule has 112 valence electrons. The minimum absolute atomic E-state index is 0.0743. The van der Waals surface area contributed by atoms with Gasteiger partial charge < -0.3 is 15.2 Å². The molecule has 0 bridgehead atoms. The Morgan fingerprint density at radius 1 is 0.905 bits per heavy atom. The van der Waals surface area contributed by atoms with Crippen molar-refractivity contribution in [2.45, 2.75) is 39.6 Å². The summed E-state index contributed by atoms with van der Waals surface area (Å²) >= 11 is 0. The summed E-state index contributed by atoms with van der Waals surface area (Å²) in [5.74, 6) is 0.926. The molecule has 3 heteroatoms. The van der Waals surface area contributed by atoms with Crippen molar-refractivity contribution in [3.8, 4) is 5.75 Å². The molecule has 0 aliphatic rings. The van der Waals surface area contributed by atoms with E-state index in [2.05, 4.69) is 11.4 Å². The molecular weight excluding hydrogens is 262 g/mol. The molecule has 0 unspecified atom stereocenters. The minimum Gasteiger partial charge on any atom is -0.491 e. The Bertz CT molecular complexity index is 567. The van der Waals surface area contributed by atoms with Crippen LogP contribution < -0.4 is 10.1 Å². The molecule has 0 aliphatic heterocycles. The lowest BCUT2D eigenvalue weighted by Gasteiger charge is -2.15. The number of ether oxygens (including phenoxy) is 1. The molecule has 2 aromatic rings. The molecule has 21 heavy (non-hydrogen) atoms. The Balaban J connectivity index is 1.97. The normalized spacial score (nSPS) is 10.9. The van der Waals surface area contributed by atoms with Gasteiger partial charge in [0.15, 0.2) is 0 Å². The first-order valence-electron chi connectivity index (χ1n) is 7.33. The smallest absolute Gasteiger partial charge is 0.124 e. The Hall–Kier alpha value is -1.84. The molecule has 2 aromatic carbocycles. The van der Waals surface area contributed by atoms with E-state index in [1.807, 2.05) is 56.3 Å². The number of para-hydroxylation sites is 1. The molecule has 0 saturated carbocycles. The molecule has 0 heterocycles. The average molecular weight is 285 g/mol. The second kappa shape index (κ2) is 7.81. The maximum Gasteiger partial charge on any atom is 0.124 e. The molecule has 3 nitrogen and oxygen atoms in total. The van der Waals surface area contributed by atoms with Gasteiger partial charge in [-0.1, -0.05) is 42.5 Å². The Morgan fingerprint density at radius 2 is 1.48 bits per heavy atom. The lowest BCUT2D eigenvalue weighted by molar-refractivity contribution is 0.239. The van der Waals surface area contributed by atoms with E-state index in [9.17, 15) is 5.11 Å². The number of hydrogen-bond donors (Lipinski definition) is 2. The fraction of sp³-hybridized carbons (Fsp3) is 0.333. The van der Waals surface area contributed by atoms with Gasteiger partial charge in [-0.2, -0.15) is 0 Å². The Kier molecular flexibility index (Phi) is 5.78. The standard InChI is InChI=1S/C18H23NO2/c1-14(2)21-18-10-6-5-8-16(18)12-19-11-15-7-3-4-9-17(15)13-20/h3-10,14,19-20H,11-13H2,1-2H3. The van der Waals surface area contributed by atoms with Crippen molar-refractivity contribution >= 4 is 0 Å². The summed E-state index contributed by atoms with van der Waals surface area (Å²) in [7, 11) is 0. The van der Waals surface area contributed by atoms with Crippen LogP contribution in [-0.2, 0) is 19.7 Å². The van der Waals surface area contributed by atoms with Crippen LogP contribution in [0.1, 0.15) is 30.5 Å². The third-order valence-corrected chi connectivity index (χ3v) is 3.25. The summed E-state index contributed by atoms with van der Waals surface area (Å²) < 4.78 is 5.81. The molecule has 0 fully saturated rings. The topological polar surface area (TPSA) is 41.5 Å². The van der Waals surface area contributed by atoms with Gasteiger partial charge in [0.1, 0.15) is 5.75 Å². The van der Waals surface area contributed by atoms with Gasteiger partial charge >= 0.3 is 0 Å². The number of aliphatic hydroxyl groups is 1. The first kappa shape index (κ1) is 15.5. The minimum atomic E-state index is 0.0743. The number of nitrogens with one attached hydrogen (secondary N) is 1. The van der Waals surface area contributed by atoms with Crippen molar-refractivity contribution in [3.63, 3.8) is 0 Å². The molecular formula is C18H23NO2. The SMILES string of the molecule is CC(C)Oc1ccccc1CNCc1ccccc1CO. The zero-order chi connectivity index (χ0) is 15.1. The predicted octanol–water partition coefficient (Wildman–Crippen LogP) is 3.26. The summed E-state index contributed by atoms with van der Waals surface area (Å²) in [6.45, 7) is 5.60. The average Bonchev–Trinajstić information content (AvgIpc) is 2.49. The summed E-state index contributed by atoms with van der Waals surface area (Å²) in [6, 6.07) is 16.0. The third-order valence-electron chi connectivity index (χ3n) is 3.25. The zero-order valence-corrected chi connectivity index (χ0v) is 12.7. The van der Waals surface area contributed by atoms with Gasteiger partial charge in [-0.25, -0.2) is 0 Å². The van der Waals surface area contributed by atoms with Crippen molar-refractivity contribution < 1.29 is 9.84 Å². The van der Waals surface area contributed by atoms with Gasteiger partial charge in [0, 0.05) is 18.7 Å². The van der Waals surface area contributed by atoms with Gasteiger partial charge in [-0.15, -0.1) is 0 Å². The summed E-state index contributed by atoms with van der Waals surface area (Å²) in [4.78, 5) is 0. The lowest BCUT2D eigenvalue weighted by atomic mass is 10.1.